The fraction of sp³-hybridized carbons (Fsp3) is 0.615. The molecule has 204 valence electrons. The van der Waals surface area contributed by atoms with Gasteiger partial charge in [-0.1, -0.05) is 29.8 Å². The molecule has 1 aromatic rings. The Morgan fingerprint density at radius 1 is 1.14 bits per heavy atom. The number of rotatable bonds is 9. The van der Waals surface area contributed by atoms with Crippen molar-refractivity contribution in [2.45, 2.75) is 88.7 Å². The zero-order chi connectivity index (χ0) is 27.5. The number of benzene rings is 1. The Balaban J connectivity index is 1.98. The summed E-state index contributed by atoms with van der Waals surface area (Å²) in [5, 5.41) is 22.5. The Morgan fingerprint density at radius 3 is 2.43 bits per heavy atom. The number of likely N-dealkylation sites (tertiary alicyclic amines) is 2. The van der Waals surface area contributed by atoms with Gasteiger partial charge in [-0.3, -0.25) is 19.2 Å². The topological polar surface area (TPSA) is 179 Å². The molecule has 0 spiro atoms. The second kappa shape index (κ2) is 11.6. The van der Waals surface area contributed by atoms with Gasteiger partial charge in [-0.25, -0.2) is 0 Å². The number of hydrogen-bond donors (Lipinski definition) is 5. The summed E-state index contributed by atoms with van der Waals surface area (Å²) in [6, 6.07) is 4.30. The molecule has 0 radical (unpaired) electrons. The van der Waals surface area contributed by atoms with Crippen LogP contribution in [0.3, 0.4) is 0 Å². The van der Waals surface area contributed by atoms with Crippen LogP contribution < -0.4 is 16.8 Å². The fourth-order valence-electron chi connectivity index (χ4n) is 5.43. The molecule has 0 bridgehead atoms. The molecule has 37 heavy (non-hydrogen) atoms. The van der Waals surface area contributed by atoms with Crippen LogP contribution in [0.1, 0.15) is 50.7 Å². The second-order valence-electron chi connectivity index (χ2n) is 10.3. The average molecular weight is 518 g/mol. The van der Waals surface area contributed by atoms with Crippen LogP contribution in [-0.2, 0) is 25.6 Å². The number of nitrogens with one attached hydrogen (secondary N) is 1. The fourth-order valence-corrected chi connectivity index (χ4v) is 5.43. The molecule has 4 unspecified atom stereocenters. The highest BCUT2D eigenvalue weighted by Crippen LogP contribution is 2.36. The minimum Gasteiger partial charge on any atom is -0.391 e. The zero-order valence-corrected chi connectivity index (χ0v) is 21.7. The Bertz CT molecular complexity index is 1030. The summed E-state index contributed by atoms with van der Waals surface area (Å²) in [6.45, 7) is 5.32. The molecule has 0 aromatic heterocycles. The highest BCUT2D eigenvalue weighted by Gasteiger charge is 2.53. The van der Waals surface area contributed by atoms with E-state index >= 15 is 0 Å². The second-order valence-corrected chi connectivity index (χ2v) is 10.3. The number of nitrogens with two attached hydrogens (primary N) is 2. The summed E-state index contributed by atoms with van der Waals surface area (Å²) in [7, 11) is 0. The lowest BCUT2D eigenvalue weighted by Crippen LogP contribution is -2.65. The molecule has 2 aliphatic rings. The molecule has 0 saturated carbocycles. The van der Waals surface area contributed by atoms with Crippen molar-refractivity contribution < 1.29 is 29.4 Å². The molecule has 2 saturated heterocycles. The summed E-state index contributed by atoms with van der Waals surface area (Å²) in [5.41, 5.74) is 11.8. The van der Waals surface area contributed by atoms with Gasteiger partial charge in [0.1, 0.15) is 23.7 Å². The third-order valence-corrected chi connectivity index (χ3v) is 7.46. The van der Waals surface area contributed by atoms with Crippen molar-refractivity contribution in [3.63, 3.8) is 0 Å². The quantitative estimate of drug-likeness (QED) is 0.277. The molecule has 2 fully saturated rings. The first-order valence-electron chi connectivity index (χ1n) is 12.8. The standard InChI is InChI=1S/C26H39N5O6/c1-15-7-4-8-18(13-15)14-26(25(37)29-21(17(3)33)22(28)34)10-6-12-31(26)23(35)19-9-5-11-30(19)24(36)20(27)16(2)32/h4,7-8,13,16-17,19-21,32-33H,5-6,9-12,14,27H2,1-3H3,(H2,28,34)(H,29,37)/t16?,17?,19-,20?,21?,26+/m0/s1. The highest BCUT2D eigenvalue weighted by atomic mass is 16.3. The summed E-state index contributed by atoms with van der Waals surface area (Å²) in [6.07, 6.45) is -0.253. The van der Waals surface area contributed by atoms with Gasteiger partial charge in [0.25, 0.3) is 0 Å². The van der Waals surface area contributed by atoms with E-state index in [4.69, 9.17) is 11.5 Å². The lowest BCUT2D eigenvalue weighted by molar-refractivity contribution is -0.152. The van der Waals surface area contributed by atoms with Crippen molar-refractivity contribution in [3.05, 3.63) is 35.4 Å². The van der Waals surface area contributed by atoms with E-state index in [1.54, 1.807) is 0 Å². The highest BCUT2D eigenvalue weighted by molar-refractivity contribution is 5.98. The van der Waals surface area contributed by atoms with E-state index < -0.39 is 53.6 Å². The Hall–Kier alpha value is -3.02. The summed E-state index contributed by atoms with van der Waals surface area (Å²) in [5.74, 6) is -2.36. The van der Waals surface area contributed by atoms with Crippen LogP contribution in [0.5, 0.6) is 0 Å². The van der Waals surface area contributed by atoms with Crippen molar-refractivity contribution in [1.82, 2.24) is 15.1 Å². The van der Waals surface area contributed by atoms with E-state index in [1.165, 1.54) is 23.6 Å². The largest absolute Gasteiger partial charge is 0.391 e. The maximum atomic E-state index is 14.0. The number of aryl methyl sites for hydroxylation is 1. The molecule has 2 aliphatic heterocycles. The van der Waals surface area contributed by atoms with Crippen molar-refractivity contribution >= 4 is 23.6 Å². The van der Waals surface area contributed by atoms with Gasteiger partial charge >= 0.3 is 0 Å². The SMILES string of the molecule is Cc1cccc(C[C@@]2(C(=O)NC(C(N)=O)C(C)O)CCCN2C(=O)[C@@H]2CCCN2C(=O)C(N)C(C)O)c1. The zero-order valence-electron chi connectivity index (χ0n) is 21.7. The van der Waals surface area contributed by atoms with Crippen molar-refractivity contribution in [3.8, 4) is 0 Å². The van der Waals surface area contributed by atoms with Crippen LogP contribution >= 0.6 is 0 Å². The Labute approximate surface area is 217 Å². The normalized spacial score (nSPS) is 24.9. The molecule has 3 rings (SSSR count). The summed E-state index contributed by atoms with van der Waals surface area (Å²) in [4.78, 5) is 55.7. The van der Waals surface area contributed by atoms with Crippen LogP contribution in [0.15, 0.2) is 24.3 Å². The van der Waals surface area contributed by atoms with Gasteiger partial charge in [0.05, 0.1) is 12.2 Å². The van der Waals surface area contributed by atoms with E-state index in [1.807, 2.05) is 31.2 Å². The third-order valence-electron chi connectivity index (χ3n) is 7.46. The predicted octanol–water partition coefficient (Wildman–Crippen LogP) is -1.05. The minimum atomic E-state index is -1.35. The van der Waals surface area contributed by atoms with Gasteiger partial charge in [0.15, 0.2) is 0 Å². The van der Waals surface area contributed by atoms with Gasteiger partial charge in [-0.2, -0.15) is 0 Å². The van der Waals surface area contributed by atoms with Crippen LogP contribution in [0.4, 0.5) is 0 Å². The van der Waals surface area contributed by atoms with Crippen LogP contribution in [-0.4, -0.2) is 92.6 Å². The maximum Gasteiger partial charge on any atom is 0.247 e. The molecule has 11 nitrogen and oxygen atoms in total. The van der Waals surface area contributed by atoms with Gasteiger partial charge in [0, 0.05) is 19.5 Å². The Morgan fingerprint density at radius 2 is 1.84 bits per heavy atom. The first-order chi connectivity index (χ1) is 17.4. The van der Waals surface area contributed by atoms with Crippen molar-refractivity contribution in [1.29, 1.82) is 0 Å². The van der Waals surface area contributed by atoms with Gasteiger partial charge < -0.3 is 36.8 Å². The number of carbonyl (C=O) groups is 4. The first-order valence-corrected chi connectivity index (χ1v) is 12.8. The van der Waals surface area contributed by atoms with Gasteiger partial charge in [0.2, 0.25) is 23.6 Å². The maximum absolute atomic E-state index is 14.0. The minimum absolute atomic E-state index is 0.186. The van der Waals surface area contributed by atoms with Gasteiger partial charge in [-0.15, -0.1) is 0 Å². The Kier molecular flexibility index (Phi) is 8.93. The number of amides is 4. The number of hydrogen-bond acceptors (Lipinski definition) is 7. The van der Waals surface area contributed by atoms with Crippen molar-refractivity contribution in [2.75, 3.05) is 13.1 Å². The summed E-state index contributed by atoms with van der Waals surface area (Å²) >= 11 is 0. The lowest BCUT2D eigenvalue weighted by atomic mass is 9.85. The van der Waals surface area contributed by atoms with E-state index in [-0.39, 0.29) is 18.9 Å². The third kappa shape index (κ3) is 5.94. The van der Waals surface area contributed by atoms with E-state index in [9.17, 15) is 29.4 Å². The molecular formula is C26H39N5O6. The molecule has 1 aromatic carbocycles. The van der Waals surface area contributed by atoms with E-state index in [0.29, 0.717) is 32.2 Å². The van der Waals surface area contributed by atoms with Crippen LogP contribution in [0, 0.1) is 6.92 Å². The molecule has 11 heteroatoms. The molecule has 7 N–H and O–H groups in total. The number of nitrogens with zero attached hydrogens (tertiary/aromatic N) is 2. The molecule has 4 amide bonds. The van der Waals surface area contributed by atoms with Crippen molar-refractivity contribution in [2.24, 2.45) is 11.5 Å². The van der Waals surface area contributed by atoms with Crippen LogP contribution in [0.25, 0.3) is 0 Å². The molecular weight excluding hydrogens is 478 g/mol. The van der Waals surface area contributed by atoms with Crippen LogP contribution in [0.2, 0.25) is 0 Å². The monoisotopic (exact) mass is 517 g/mol. The number of carbonyl (C=O) groups excluding carboxylic acids is 4. The molecule has 2 heterocycles. The number of aliphatic hydroxyl groups excluding tert-OH is 2. The average Bonchev–Trinajstić information content (AvgIpc) is 3.48. The predicted molar refractivity (Wildman–Crippen MR) is 136 cm³/mol. The number of primary amides is 1. The smallest absolute Gasteiger partial charge is 0.247 e. The number of aliphatic hydroxyl groups is 2. The first kappa shape index (κ1) is 28.5. The molecule has 6 atom stereocenters. The summed E-state index contributed by atoms with van der Waals surface area (Å²) < 4.78 is 0. The van der Waals surface area contributed by atoms with Gasteiger partial charge in [-0.05, 0) is 52.0 Å². The van der Waals surface area contributed by atoms with E-state index in [0.717, 1.165) is 11.1 Å². The lowest BCUT2D eigenvalue weighted by Gasteiger charge is -2.41. The van der Waals surface area contributed by atoms with E-state index in [2.05, 4.69) is 5.32 Å². The molecule has 0 aliphatic carbocycles.